The predicted molar refractivity (Wildman–Crippen MR) is 171 cm³/mol. The normalized spacial score (nSPS) is 13.0. The Morgan fingerprint density at radius 3 is 1.51 bits per heavy atom. The average Bonchev–Trinajstić information content (AvgIpc) is 3.00. The summed E-state index contributed by atoms with van der Waals surface area (Å²) in [6.45, 7) is 6.36. The van der Waals surface area contributed by atoms with Crippen LogP contribution in [0.1, 0.15) is 43.0 Å². The summed E-state index contributed by atoms with van der Waals surface area (Å²) in [6.07, 6.45) is 0.702. The van der Waals surface area contributed by atoms with Gasteiger partial charge in [-0.3, -0.25) is 9.59 Å². The highest BCUT2D eigenvalue weighted by molar-refractivity contribution is 7.81. The second kappa shape index (κ2) is 15.4. The number of carbonyl (C=O) groups is 2. The molecule has 7 nitrogen and oxygen atoms in total. The number of carbonyl (C=O) groups excluding carboxylic acids is 2. The van der Waals surface area contributed by atoms with Crippen LogP contribution >= 0.6 is 0 Å². The number of rotatable bonds is 14. The monoisotopic (exact) mass is 617 g/mol. The van der Waals surface area contributed by atoms with Gasteiger partial charge in [0.25, 0.3) is 5.91 Å². The fourth-order valence-electron chi connectivity index (χ4n) is 4.20. The second-order valence-electron chi connectivity index (χ2n) is 10.4. The van der Waals surface area contributed by atoms with E-state index in [1.807, 2.05) is 69.3 Å². The third kappa shape index (κ3) is 10.0. The van der Waals surface area contributed by atoms with Crippen LogP contribution in [0.15, 0.2) is 97.1 Å². The Kier molecular flexibility index (Phi) is 11.4. The smallest absolute Gasteiger partial charge is 0.251 e. The van der Waals surface area contributed by atoms with Gasteiger partial charge in [0.2, 0.25) is 22.2 Å². The van der Waals surface area contributed by atoms with Gasteiger partial charge >= 0.3 is 0 Å². The molecule has 0 aromatic heterocycles. The van der Waals surface area contributed by atoms with Crippen LogP contribution in [0.5, 0.6) is 11.5 Å². The number of Topliss-reactive ketones (excluding diaryl/α,β-unsaturated/α-hetero) is 1. The van der Waals surface area contributed by atoms with E-state index in [1.54, 1.807) is 48.5 Å². The zero-order valence-corrected chi connectivity index (χ0v) is 26.0. The topological polar surface area (TPSA) is 98.8 Å². The maximum absolute atomic E-state index is 13.6. The Bertz CT molecular complexity index is 1510. The number of hydrogen-bond donors (Lipinski definition) is 1. The molecule has 0 spiro atoms. The summed E-state index contributed by atoms with van der Waals surface area (Å²) < 4.78 is 37.0. The maximum atomic E-state index is 13.6. The molecule has 224 valence electrons. The lowest BCUT2D eigenvalue weighted by molar-refractivity contribution is 0.0935. The van der Waals surface area contributed by atoms with Crippen molar-refractivity contribution in [2.24, 2.45) is 5.92 Å². The summed E-state index contributed by atoms with van der Waals surface area (Å²) in [7, 11) is 0. The molecule has 0 bridgehead atoms. The predicted octanol–water partition coefficient (Wildman–Crippen LogP) is 5.87. The van der Waals surface area contributed by atoms with Crippen molar-refractivity contribution in [2.75, 3.05) is 18.1 Å². The largest absolute Gasteiger partial charge is 0.401 e. The van der Waals surface area contributed by atoms with Crippen molar-refractivity contribution in [3.63, 3.8) is 0 Å². The van der Waals surface area contributed by atoms with Gasteiger partial charge in [0, 0.05) is 17.7 Å². The third-order valence-corrected chi connectivity index (χ3v) is 8.82. The molecule has 1 amide bonds. The van der Waals surface area contributed by atoms with E-state index >= 15 is 0 Å². The standard InChI is InChI=1S/C34H35NO6S2/c1-24-4-10-27(11-5-24)20-21-35-34(37)29-14-12-28(13-15-29)33(36)30(22-42(38)40-31-16-6-25(2)7-17-31)23-43(39)41-32-18-8-26(3)9-19-32/h4-19,30H,20-23H2,1-3H3,(H,35,37). The minimum absolute atomic E-state index is 0.184. The molecule has 0 heterocycles. The van der Waals surface area contributed by atoms with Crippen molar-refractivity contribution in [1.82, 2.24) is 5.32 Å². The van der Waals surface area contributed by atoms with E-state index in [9.17, 15) is 18.0 Å². The first-order valence-electron chi connectivity index (χ1n) is 13.9. The van der Waals surface area contributed by atoms with E-state index in [0.29, 0.717) is 35.6 Å². The number of benzene rings is 4. The Morgan fingerprint density at radius 2 is 1.05 bits per heavy atom. The molecular formula is C34H35NO6S2. The maximum Gasteiger partial charge on any atom is 0.251 e. The van der Waals surface area contributed by atoms with Crippen molar-refractivity contribution >= 4 is 33.9 Å². The lowest BCUT2D eigenvalue weighted by Crippen LogP contribution is -2.30. The number of amides is 1. The Balaban J connectivity index is 1.41. The highest BCUT2D eigenvalue weighted by Gasteiger charge is 2.27. The van der Waals surface area contributed by atoms with E-state index in [4.69, 9.17) is 8.37 Å². The van der Waals surface area contributed by atoms with Gasteiger partial charge in [-0.1, -0.05) is 77.4 Å². The molecule has 9 heteroatoms. The Labute approximate surface area is 258 Å². The summed E-state index contributed by atoms with van der Waals surface area (Å²) in [5.74, 6) is -1.09. The summed E-state index contributed by atoms with van der Waals surface area (Å²) in [5, 5.41) is 2.90. The first kappa shape index (κ1) is 31.8. The minimum atomic E-state index is -1.88. The van der Waals surface area contributed by atoms with Gasteiger partial charge < -0.3 is 13.7 Å². The quantitative estimate of drug-likeness (QED) is 0.178. The van der Waals surface area contributed by atoms with Gasteiger partial charge in [-0.15, -0.1) is 0 Å². The number of nitrogens with one attached hydrogen (secondary N) is 1. The number of aryl methyl sites for hydroxylation is 3. The summed E-state index contributed by atoms with van der Waals surface area (Å²) in [4.78, 5) is 26.2. The van der Waals surface area contributed by atoms with Gasteiger partial charge in [-0.05, 0) is 69.2 Å². The van der Waals surface area contributed by atoms with E-state index in [1.165, 1.54) is 5.56 Å². The van der Waals surface area contributed by atoms with Gasteiger partial charge in [-0.2, -0.15) is 0 Å². The van der Waals surface area contributed by atoms with E-state index in [-0.39, 0.29) is 23.2 Å². The van der Waals surface area contributed by atoms with Crippen molar-refractivity contribution in [3.8, 4) is 11.5 Å². The molecule has 43 heavy (non-hydrogen) atoms. The zero-order chi connectivity index (χ0) is 30.8. The van der Waals surface area contributed by atoms with Crippen LogP contribution in [-0.4, -0.2) is 38.2 Å². The fraction of sp³-hybridized carbons (Fsp3) is 0.235. The molecule has 0 saturated heterocycles. The Hall–Kier alpha value is -4.08. The molecule has 2 atom stereocenters. The Morgan fingerprint density at radius 1 is 0.628 bits per heavy atom. The van der Waals surface area contributed by atoms with Crippen LogP contribution in [0.2, 0.25) is 0 Å². The van der Waals surface area contributed by atoms with Crippen molar-refractivity contribution in [3.05, 3.63) is 130 Å². The molecule has 4 rings (SSSR count). The molecule has 4 aromatic rings. The highest BCUT2D eigenvalue weighted by Crippen LogP contribution is 2.19. The molecule has 4 aromatic carbocycles. The van der Waals surface area contributed by atoms with E-state index in [2.05, 4.69) is 5.32 Å². The minimum Gasteiger partial charge on any atom is -0.401 e. The average molecular weight is 618 g/mol. The molecule has 2 unspecified atom stereocenters. The van der Waals surface area contributed by atoms with E-state index in [0.717, 1.165) is 16.7 Å². The van der Waals surface area contributed by atoms with Crippen molar-refractivity contribution < 1.29 is 26.4 Å². The molecule has 0 aliphatic heterocycles. The fourth-order valence-corrected chi connectivity index (χ4v) is 6.33. The van der Waals surface area contributed by atoms with Gasteiger partial charge in [0.1, 0.15) is 11.5 Å². The molecule has 0 fully saturated rings. The zero-order valence-electron chi connectivity index (χ0n) is 24.4. The lowest BCUT2D eigenvalue weighted by Gasteiger charge is -2.16. The second-order valence-corrected chi connectivity index (χ2v) is 12.6. The van der Waals surface area contributed by atoms with Crippen LogP contribution in [-0.2, 0) is 28.6 Å². The summed E-state index contributed by atoms with van der Waals surface area (Å²) >= 11 is -3.75. The summed E-state index contributed by atoms with van der Waals surface area (Å²) in [5.41, 5.74) is 5.08. The van der Waals surface area contributed by atoms with Crippen LogP contribution in [0.3, 0.4) is 0 Å². The SMILES string of the molecule is Cc1ccc(CCNC(=O)c2ccc(C(=O)C(CS(=O)Oc3ccc(C)cc3)CS(=O)Oc3ccc(C)cc3)cc2)cc1. The van der Waals surface area contributed by atoms with E-state index < -0.39 is 28.1 Å². The number of ketones is 1. The summed E-state index contributed by atoms with van der Waals surface area (Å²) in [6, 6.07) is 28.5. The molecule has 1 N–H and O–H groups in total. The van der Waals surface area contributed by atoms with Crippen LogP contribution in [0.4, 0.5) is 0 Å². The van der Waals surface area contributed by atoms with Gasteiger partial charge in [0.05, 0.1) is 17.4 Å². The molecular weight excluding hydrogens is 583 g/mol. The first-order chi connectivity index (χ1) is 20.7. The van der Waals surface area contributed by atoms with Gasteiger partial charge in [-0.25, -0.2) is 8.42 Å². The lowest BCUT2D eigenvalue weighted by atomic mass is 9.99. The van der Waals surface area contributed by atoms with Crippen molar-refractivity contribution in [1.29, 1.82) is 0 Å². The van der Waals surface area contributed by atoms with Crippen LogP contribution in [0.25, 0.3) is 0 Å². The molecule has 0 aliphatic rings. The molecule has 0 radical (unpaired) electrons. The van der Waals surface area contributed by atoms with Crippen LogP contribution < -0.4 is 13.7 Å². The van der Waals surface area contributed by atoms with Crippen LogP contribution in [0, 0.1) is 26.7 Å². The van der Waals surface area contributed by atoms with Crippen molar-refractivity contribution in [2.45, 2.75) is 27.2 Å². The molecule has 0 aliphatic carbocycles. The highest BCUT2D eigenvalue weighted by atomic mass is 32.2. The number of hydrogen-bond acceptors (Lipinski definition) is 6. The van der Waals surface area contributed by atoms with Gasteiger partial charge in [0.15, 0.2) is 5.78 Å². The third-order valence-electron chi connectivity index (χ3n) is 6.72. The molecule has 0 saturated carbocycles. The first-order valence-corrected chi connectivity index (χ1v) is 16.4.